The fourth-order valence-electron chi connectivity index (χ4n) is 3.37. The Morgan fingerprint density at radius 3 is 2.52 bits per heavy atom. The van der Waals surface area contributed by atoms with E-state index in [1.54, 1.807) is 0 Å². The van der Waals surface area contributed by atoms with Gasteiger partial charge >= 0.3 is 0 Å². The summed E-state index contributed by atoms with van der Waals surface area (Å²) in [4.78, 5) is 0. The highest BCUT2D eigenvalue weighted by molar-refractivity contribution is 5.85. The molecular formula is C19H25NO. The van der Waals surface area contributed by atoms with Gasteiger partial charge in [0.05, 0.1) is 5.60 Å². The van der Waals surface area contributed by atoms with Crippen LogP contribution in [-0.4, -0.2) is 17.3 Å². The number of aliphatic hydroxyl groups is 1. The molecule has 0 spiro atoms. The molecule has 1 saturated carbocycles. The van der Waals surface area contributed by atoms with E-state index in [1.807, 2.05) is 0 Å². The molecule has 0 aromatic heterocycles. The molecule has 3 rings (SSSR count). The van der Waals surface area contributed by atoms with Crippen molar-refractivity contribution in [1.29, 1.82) is 0 Å². The molecule has 2 aromatic rings. The summed E-state index contributed by atoms with van der Waals surface area (Å²) in [6, 6.07) is 14.8. The van der Waals surface area contributed by atoms with E-state index in [1.165, 1.54) is 17.2 Å². The normalized spacial score (nSPS) is 25.9. The van der Waals surface area contributed by atoms with Gasteiger partial charge in [0.1, 0.15) is 0 Å². The molecule has 0 heterocycles. The fraction of sp³-hybridized carbons (Fsp3) is 0.474. The van der Waals surface area contributed by atoms with E-state index in [2.05, 4.69) is 54.7 Å². The van der Waals surface area contributed by atoms with Crippen molar-refractivity contribution < 1.29 is 5.11 Å². The third-order valence-electron chi connectivity index (χ3n) is 4.98. The third-order valence-corrected chi connectivity index (χ3v) is 4.98. The highest BCUT2D eigenvalue weighted by Gasteiger charge is 2.32. The van der Waals surface area contributed by atoms with E-state index in [-0.39, 0.29) is 0 Å². The molecule has 2 aromatic carbocycles. The molecular weight excluding hydrogens is 258 g/mol. The molecule has 0 unspecified atom stereocenters. The van der Waals surface area contributed by atoms with Gasteiger partial charge in [0.15, 0.2) is 0 Å². The van der Waals surface area contributed by atoms with Gasteiger partial charge < -0.3 is 10.4 Å². The molecule has 2 heteroatoms. The molecule has 1 aliphatic carbocycles. The van der Waals surface area contributed by atoms with Crippen LogP contribution in [0, 0.1) is 5.92 Å². The highest BCUT2D eigenvalue weighted by atomic mass is 16.3. The Labute approximate surface area is 127 Å². The van der Waals surface area contributed by atoms with Crippen molar-refractivity contribution >= 4 is 16.5 Å². The standard InChI is InChI=1S/C19H25NO/c1-2-15-9-11-19(21,12-10-15)14-20-18-8-7-16-5-3-4-6-17(16)13-18/h3-8,13,15,20-21H,2,9-12,14H2,1H3. The molecule has 1 aliphatic rings. The van der Waals surface area contributed by atoms with Gasteiger partial charge in [-0.05, 0) is 54.5 Å². The summed E-state index contributed by atoms with van der Waals surface area (Å²) < 4.78 is 0. The molecule has 0 bridgehead atoms. The van der Waals surface area contributed by atoms with Gasteiger partial charge in [-0.2, -0.15) is 0 Å². The zero-order valence-electron chi connectivity index (χ0n) is 12.8. The largest absolute Gasteiger partial charge is 0.388 e. The van der Waals surface area contributed by atoms with Crippen LogP contribution in [0.15, 0.2) is 42.5 Å². The Kier molecular flexibility index (Phi) is 4.16. The second kappa shape index (κ2) is 6.07. The maximum atomic E-state index is 10.7. The van der Waals surface area contributed by atoms with E-state index in [0.29, 0.717) is 6.54 Å². The summed E-state index contributed by atoms with van der Waals surface area (Å²) in [7, 11) is 0. The number of hydrogen-bond acceptors (Lipinski definition) is 2. The lowest BCUT2D eigenvalue weighted by atomic mass is 9.78. The van der Waals surface area contributed by atoms with Crippen molar-refractivity contribution in [3.05, 3.63) is 42.5 Å². The average molecular weight is 283 g/mol. The molecule has 0 amide bonds. The first-order valence-corrected chi connectivity index (χ1v) is 8.14. The third kappa shape index (κ3) is 3.38. The molecule has 1 fully saturated rings. The Bertz CT molecular complexity index is 599. The second-order valence-corrected chi connectivity index (χ2v) is 6.49. The van der Waals surface area contributed by atoms with Crippen LogP contribution in [0.4, 0.5) is 5.69 Å². The first kappa shape index (κ1) is 14.4. The topological polar surface area (TPSA) is 32.3 Å². The molecule has 0 aliphatic heterocycles. The van der Waals surface area contributed by atoms with Crippen LogP contribution in [0.25, 0.3) is 10.8 Å². The maximum absolute atomic E-state index is 10.7. The molecule has 0 saturated heterocycles. The minimum absolute atomic E-state index is 0.530. The average Bonchev–Trinajstić information content (AvgIpc) is 2.54. The first-order chi connectivity index (χ1) is 10.2. The van der Waals surface area contributed by atoms with Crippen LogP contribution in [0.1, 0.15) is 39.0 Å². The summed E-state index contributed by atoms with van der Waals surface area (Å²) in [5.41, 5.74) is 0.567. The minimum atomic E-state index is -0.530. The van der Waals surface area contributed by atoms with Crippen molar-refractivity contribution in [1.82, 2.24) is 0 Å². The van der Waals surface area contributed by atoms with Gasteiger partial charge in [0, 0.05) is 12.2 Å². The number of fused-ring (bicyclic) bond motifs is 1. The minimum Gasteiger partial charge on any atom is -0.388 e. The van der Waals surface area contributed by atoms with Gasteiger partial charge in [0.2, 0.25) is 0 Å². The van der Waals surface area contributed by atoms with Crippen molar-refractivity contribution in [3.8, 4) is 0 Å². The predicted octanol–water partition coefficient (Wildman–Crippen LogP) is 4.58. The van der Waals surface area contributed by atoms with E-state index >= 15 is 0 Å². The van der Waals surface area contributed by atoms with Crippen LogP contribution in [0.2, 0.25) is 0 Å². The van der Waals surface area contributed by atoms with Gasteiger partial charge in [-0.1, -0.05) is 43.7 Å². The number of benzene rings is 2. The molecule has 2 N–H and O–H groups in total. The summed E-state index contributed by atoms with van der Waals surface area (Å²) in [6.45, 7) is 2.91. The van der Waals surface area contributed by atoms with Crippen molar-refractivity contribution in [2.24, 2.45) is 5.92 Å². The summed E-state index contributed by atoms with van der Waals surface area (Å²) >= 11 is 0. The van der Waals surface area contributed by atoms with Crippen LogP contribution >= 0.6 is 0 Å². The summed E-state index contributed by atoms with van der Waals surface area (Å²) in [5.74, 6) is 0.811. The number of hydrogen-bond donors (Lipinski definition) is 2. The fourth-order valence-corrected chi connectivity index (χ4v) is 3.37. The Morgan fingerprint density at radius 2 is 1.81 bits per heavy atom. The number of rotatable bonds is 4. The Hall–Kier alpha value is -1.54. The smallest absolute Gasteiger partial charge is 0.0819 e. The molecule has 21 heavy (non-hydrogen) atoms. The summed E-state index contributed by atoms with van der Waals surface area (Å²) in [6.07, 6.45) is 5.41. The Morgan fingerprint density at radius 1 is 1.10 bits per heavy atom. The Balaban J connectivity index is 1.63. The SMILES string of the molecule is CCC1CCC(O)(CNc2ccc3ccccc3c2)CC1. The lowest BCUT2D eigenvalue weighted by Gasteiger charge is -2.36. The first-order valence-electron chi connectivity index (χ1n) is 8.14. The second-order valence-electron chi connectivity index (χ2n) is 6.49. The van der Waals surface area contributed by atoms with Gasteiger partial charge in [-0.25, -0.2) is 0 Å². The monoisotopic (exact) mass is 283 g/mol. The highest BCUT2D eigenvalue weighted by Crippen LogP contribution is 2.34. The number of nitrogens with one attached hydrogen (secondary N) is 1. The van der Waals surface area contributed by atoms with Crippen molar-refractivity contribution in [2.75, 3.05) is 11.9 Å². The van der Waals surface area contributed by atoms with Crippen LogP contribution < -0.4 is 5.32 Å². The lowest BCUT2D eigenvalue weighted by Crippen LogP contribution is -2.40. The van der Waals surface area contributed by atoms with E-state index in [0.717, 1.165) is 37.3 Å². The van der Waals surface area contributed by atoms with E-state index in [9.17, 15) is 5.11 Å². The zero-order chi connectivity index (χ0) is 14.7. The maximum Gasteiger partial charge on any atom is 0.0819 e. The molecule has 112 valence electrons. The quantitative estimate of drug-likeness (QED) is 0.860. The van der Waals surface area contributed by atoms with Gasteiger partial charge in [-0.3, -0.25) is 0 Å². The van der Waals surface area contributed by atoms with E-state index < -0.39 is 5.60 Å². The van der Waals surface area contributed by atoms with Crippen molar-refractivity contribution in [3.63, 3.8) is 0 Å². The van der Waals surface area contributed by atoms with Crippen LogP contribution in [-0.2, 0) is 0 Å². The molecule has 0 atom stereocenters. The van der Waals surface area contributed by atoms with Gasteiger partial charge in [0.25, 0.3) is 0 Å². The van der Waals surface area contributed by atoms with E-state index in [4.69, 9.17) is 0 Å². The number of anilines is 1. The predicted molar refractivity (Wildman–Crippen MR) is 89.6 cm³/mol. The van der Waals surface area contributed by atoms with Gasteiger partial charge in [-0.15, -0.1) is 0 Å². The van der Waals surface area contributed by atoms with Crippen LogP contribution in [0.5, 0.6) is 0 Å². The molecule has 0 radical (unpaired) electrons. The zero-order valence-corrected chi connectivity index (χ0v) is 12.8. The lowest BCUT2D eigenvalue weighted by molar-refractivity contribution is 0.00230. The summed E-state index contributed by atoms with van der Waals surface area (Å²) in [5, 5.41) is 16.6. The van der Waals surface area contributed by atoms with Crippen LogP contribution in [0.3, 0.4) is 0 Å². The molecule has 2 nitrogen and oxygen atoms in total. The van der Waals surface area contributed by atoms with Crippen molar-refractivity contribution in [2.45, 2.75) is 44.6 Å².